The van der Waals surface area contributed by atoms with E-state index in [-0.39, 0.29) is 11.8 Å². The van der Waals surface area contributed by atoms with Crippen molar-refractivity contribution in [1.29, 1.82) is 0 Å². The molecular weight excluding hydrogens is 496 g/mol. The van der Waals surface area contributed by atoms with Crippen molar-refractivity contribution in [2.45, 2.75) is 30.0 Å². The van der Waals surface area contributed by atoms with E-state index in [4.69, 9.17) is 21.1 Å². The van der Waals surface area contributed by atoms with Crippen molar-refractivity contribution in [3.05, 3.63) is 82.9 Å². The van der Waals surface area contributed by atoms with E-state index in [9.17, 15) is 9.59 Å². The van der Waals surface area contributed by atoms with Gasteiger partial charge in [-0.3, -0.25) is 9.59 Å². The number of hydrogen-bond acceptors (Lipinski definition) is 5. The first-order valence-corrected chi connectivity index (χ1v) is 13.0. The molecule has 0 bridgehead atoms. The molecule has 0 unspecified atom stereocenters. The number of halogens is 1. The molecular formula is C28H29ClN2O4S. The Kier molecular flexibility index (Phi) is 8.44. The highest BCUT2D eigenvalue weighted by Crippen LogP contribution is 2.42. The predicted octanol–water partition coefficient (Wildman–Crippen LogP) is 5.36. The maximum absolute atomic E-state index is 13.6. The summed E-state index contributed by atoms with van der Waals surface area (Å²) in [6.45, 7) is 2.65. The Bertz CT molecular complexity index is 1250. The second-order valence-electron chi connectivity index (χ2n) is 8.58. The van der Waals surface area contributed by atoms with Crippen LogP contribution in [0.5, 0.6) is 11.5 Å². The Morgan fingerprint density at radius 1 is 1.03 bits per heavy atom. The normalized spacial score (nSPS) is 15.7. The summed E-state index contributed by atoms with van der Waals surface area (Å²) in [7, 11) is 3.19. The van der Waals surface area contributed by atoms with Gasteiger partial charge in [0.2, 0.25) is 11.8 Å². The standard InChI is InChI=1S/C28H29ClN2O4S/c1-18(27(32)30-14-13-19-11-12-23(34-2)24(16-19)35-3)26-28(33)31(17-20-7-6-8-21(29)15-20)22-9-4-5-10-25(22)36-26/h4-12,15-16,18,26H,13-14,17H2,1-3H3,(H,30,32)/t18-,26-/m1/s1. The summed E-state index contributed by atoms with van der Waals surface area (Å²) >= 11 is 7.62. The summed E-state index contributed by atoms with van der Waals surface area (Å²) in [6, 6.07) is 21.0. The van der Waals surface area contributed by atoms with E-state index in [1.165, 1.54) is 11.8 Å². The van der Waals surface area contributed by atoms with Crippen molar-refractivity contribution in [3.8, 4) is 11.5 Å². The molecule has 0 radical (unpaired) electrons. The Balaban J connectivity index is 1.44. The molecule has 8 heteroatoms. The largest absolute Gasteiger partial charge is 0.493 e. The molecule has 3 aromatic rings. The van der Waals surface area contributed by atoms with Crippen LogP contribution < -0.4 is 19.7 Å². The van der Waals surface area contributed by atoms with E-state index in [1.807, 2.05) is 73.7 Å². The molecule has 2 amide bonds. The van der Waals surface area contributed by atoms with Crippen molar-refractivity contribution in [2.24, 2.45) is 5.92 Å². The maximum Gasteiger partial charge on any atom is 0.241 e. The number of amides is 2. The number of anilines is 1. The summed E-state index contributed by atoms with van der Waals surface area (Å²) in [6.07, 6.45) is 0.633. The second-order valence-corrected chi connectivity index (χ2v) is 10.2. The molecule has 0 aliphatic carbocycles. The number of nitrogens with one attached hydrogen (secondary N) is 1. The first kappa shape index (κ1) is 25.9. The summed E-state index contributed by atoms with van der Waals surface area (Å²) < 4.78 is 10.6. The van der Waals surface area contributed by atoms with Gasteiger partial charge in [0.25, 0.3) is 0 Å². The highest BCUT2D eigenvalue weighted by atomic mass is 35.5. The fourth-order valence-corrected chi connectivity index (χ4v) is 5.70. The van der Waals surface area contributed by atoms with Crippen LogP contribution in [0.25, 0.3) is 0 Å². The van der Waals surface area contributed by atoms with E-state index >= 15 is 0 Å². The molecule has 1 aliphatic rings. The number of fused-ring (bicyclic) bond motifs is 1. The van der Waals surface area contributed by atoms with Gasteiger partial charge in [0.15, 0.2) is 11.5 Å². The Labute approximate surface area is 220 Å². The highest BCUT2D eigenvalue weighted by molar-refractivity contribution is 8.01. The van der Waals surface area contributed by atoms with Gasteiger partial charge in [-0.05, 0) is 53.9 Å². The summed E-state index contributed by atoms with van der Waals surface area (Å²) in [4.78, 5) is 29.4. The lowest BCUT2D eigenvalue weighted by Crippen LogP contribution is -2.47. The SMILES string of the molecule is COc1ccc(CCNC(=O)[C@H](C)[C@H]2Sc3ccccc3N(Cc3cccc(Cl)c3)C2=O)cc1OC. The second kappa shape index (κ2) is 11.7. The van der Waals surface area contributed by atoms with Gasteiger partial charge in [-0.2, -0.15) is 0 Å². The van der Waals surface area contributed by atoms with Crippen molar-refractivity contribution in [3.63, 3.8) is 0 Å². The number of carbonyl (C=O) groups excluding carboxylic acids is 2. The lowest BCUT2D eigenvalue weighted by molar-refractivity contribution is -0.128. The number of benzene rings is 3. The van der Waals surface area contributed by atoms with Crippen LogP contribution in [-0.4, -0.2) is 37.8 Å². The van der Waals surface area contributed by atoms with E-state index in [0.29, 0.717) is 36.0 Å². The summed E-state index contributed by atoms with van der Waals surface area (Å²) in [5.74, 6) is 0.569. The Morgan fingerprint density at radius 3 is 2.56 bits per heavy atom. The molecule has 0 spiro atoms. The third-order valence-corrected chi connectivity index (χ3v) is 7.88. The Hall–Kier alpha value is -3.16. The van der Waals surface area contributed by atoms with E-state index in [2.05, 4.69) is 5.32 Å². The molecule has 2 atom stereocenters. The third-order valence-electron chi connectivity index (χ3n) is 6.18. The van der Waals surface area contributed by atoms with Crippen molar-refractivity contribution >= 4 is 40.9 Å². The van der Waals surface area contributed by atoms with Gasteiger partial charge in [0, 0.05) is 16.5 Å². The molecule has 1 aliphatic heterocycles. The molecule has 0 saturated heterocycles. The van der Waals surface area contributed by atoms with Crippen LogP contribution in [0.4, 0.5) is 5.69 Å². The van der Waals surface area contributed by atoms with E-state index < -0.39 is 11.2 Å². The number of thioether (sulfide) groups is 1. The van der Waals surface area contributed by atoms with Crippen LogP contribution in [-0.2, 0) is 22.6 Å². The van der Waals surface area contributed by atoms with Gasteiger partial charge in [-0.25, -0.2) is 0 Å². The Morgan fingerprint density at radius 2 is 1.81 bits per heavy atom. The van der Waals surface area contributed by atoms with Gasteiger partial charge >= 0.3 is 0 Å². The lowest BCUT2D eigenvalue weighted by Gasteiger charge is -2.35. The average Bonchev–Trinajstić information content (AvgIpc) is 2.89. The van der Waals surface area contributed by atoms with Gasteiger partial charge < -0.3 is 19.7 Å². The van der Waals surface area contributed by atoms with Gasteiger partial charge in [-0.15, -0.1) is 11.8 Å². The van der Waals surface area contributed by atoms with E-state index in [0.717, 1.165) is 21.7 Å². The van der Waals surface area contributed by atoms with Gasteiger partial charge in [-0.1, -0.05) is 48.9 Å². The fourth-order valence-electron chi connectivity index (χ4n) is 4.20. The zero-order valence-electron chi connectivity index (χ0n) is 20.5. The van der Waals surface area contributed by atoms with Crippen LogP contribution in [0.15, 0.2) is 71.6 Å². The number of carbonyl (C=O) groups is 2. The van der Waals surface area contributed by atoms with Crippen LogP contribution in [0, 0.1) is 5.92 Å². The molecule has 188 valence electrons. The lowest BCUT2D eigenvalue weighted by atomic mass is 10.0. The predicted molar refractivity (Wildman–Crippen MR) is 144 cm³/mol. The molecule has 0 saturated carbocycles. The summed E-state index contributed by atoms with van der Waals surface area (Å²) in [5, 5.41) is 3.09. The minimum absolute atomic E-state index is 0.0822. The molecule has 0 fully saturated rings. The van der Waals surface area contributed by atoms with Crippen LogP contribution in [0.3, 0.4) is 0 Å². The summed E-state index contributed by atoms with van der Waals surface area (Å²) in [5.41, 5.74) is 2.80. The smallest absolute Gasteiger partial charge is 0.241 e. The molecule has 36 heavy (non-hydrogen) atoms. The minimum Gasteiger partial charge on any atom is -0.493 e. The number of methoxy groups -OCH3 is 2. The minimum atomic E-state index is -0.528. The van der Waals surface area contributed by atoms with E-state index in [1.54, 1.807) is 19.1 Å². The molecule has 3 aromatic carbocycles. The number of hydrogen-bond donors (Lipinski definition) is 1. The average molecular weight is 525 g/mol. The number of ether oxygens (including phenoxy) is 2. The number of nitrogens with zero attached hydrogens (tertiary/aromatic N) is 1. The molecule has 1 heterocycles. The topological polar surface area (TPSA) is 67.9 Å². The third kappa shape index (κ3) is 5.79. The fraction of sp³-hybridized carbons (Fsp3) is 0.286. The van der Waals surface area contributed by atoms with Crippen molar-refractivity contribution < 1.29 is 19.1 Å². The van der Waals surface area contributed by atoms with Gasteiger partial charge in [0.05, 0.1) is 32.4 Å². The molecule has 0 aromatic heterocycles. The first-order valence-electron chi connectivity index (χ1n) is 11.7. The maximum atomic E-state index is 13.6. The quantitative estimate of drug-likeness (QED) is 0.408. The number of para-hydroxylation sites is 1. The first-order chi connectivity index (χ1) is 17.4. The molecule has 4 rings (SSSR count). The van der Waals surface area contributed by atoms with Crippen LogP contribution >= 0.6 is 23.4 Å². The van der Waals surface area contributed by atoms with Gasteiger partial charge in [0.1, 0.15) is 5.25 Å². The zero-order valence-corrected chi connectivity index (χ0v) is 22.1. The van der Waals surface area contributed by atoms with Crippen molar-refractivity contribution in [1.82, 2.24) is 5.32 Å². The zero-order chi connectivity index (χ0) is 25.7. The molecule has 1 N–H and O–H groups in total. The number of rotatable bonds is 9. The van der Waals surface area contributed by atoms with Crippen molar-refractivity contribution in [2.75, 3.05) is 25.7 Å². The highest BCUT2D eigenvalue weighted by Gasteiger charge is 2.39. The van der Waals surface area contributed by atoms with Crippen LogP contribution in [0.2, 0.25) is 5.02 Å². The van der Waals surface area contributed by atoms with Crippen LogP contribution in [0.1, 0.15) is 18.1 Å². The monoisotopic (exact) mass is 524 g/mol. The molecule has 6 nitrogen and oxygen atoms in total.